The average Bonchev–Trinajstić information content (AvgIpc) is 3.84. The van der Waals surface area contributed by atoms with E-state index < -0.39 is 0 Å². The molecule has 194 valence electrons. The molecule has 0 fully saturated rings. The Morgan fingerprint density at radius 1 is 0.225 bits per heavy atom. The highest BCUT2D eigenvalue weighted by Crippen LogP contribution is 2.37. The maximum absolute atomic E-state index is 6.04. The van der Waals surface area contributed by atoms with Gasteiger partial charge in [-0.05, 0) is 97.1 Å². The topological polar surface area (TPSA) is 105 Å². The lowest BCUT2D eigenvalue weighted by atomic mass is 10.3. The lowest BCUT2D eigenvalue weighted by Crippen LogP contribution is -1.69. The van der Waals surface area contributed by atoms with Crippen LogP contribution in [0.25, 0.3) is 80.6 Å². The predicted octanol–water partition coefficient (Wildman–Crippen LogP) is 10.1. The van der Waals surface area contributed by atoms with Gasteiger partial charge in [0.25, 0.3) is 0 Å². The van der Waals surface area contributed by atoms with E-state index in [1.807, 2.05) is 97.1 Å². The molecule has 0 saturated carbocycles. The van der Waals surface area contributed by atoms with Gasteiger partial charge in [-0.3, -0.25) is 0 Å². The van der Waals surface area contributed by atoms with E-state index >= 15 is 0 Å². The number of rotatable bonds is 7. The van der Waals surface area contributed by atoms with E-state index in [9.17, 15) is 0 Å². The van der Waals surface area contributed by atoms with Crippen LogP contribution < -0.4 is 0 Å². The van der Waals surface area contributed by atoms with Crippen molar-refractivity contribution in [2.45, 2.75) is 0 Å². The molecule has 0 aliphatic heterocycles. The molecule has 8 heterocycles. The van der Waals surface area contributed by atoms with Crippen molar-refractivity contribution in [3.8, 4) is 80.6 Å². The molecule has 0 aromatic carbocycles. The minimum Gasteiger partial charge on any atom is -0.461 e. The molecule has 0 spiro atoms. The molecule has 0 bridgehead atoms. The second-order valence-electron chi connectivity index (χ2n) is 8.94. The second kappa shape index (κ2) is 8.92. The van der Waals surface area contributed by atoms with Gasteiger partial charge in [-0.2, -0.15) is 0 Å². The molecule has 0 unspecified atom stereocenters. The van der Waals surface area contributed by atoms with Crippen LogP contribution in [0.4, 0.5) is 0 Å². The van der Waals surface area contributed by atoms with Gasteiger partial charge in [0.15, 0.2) is 80.6 Å². The fourth-order valence-electron chi connectivity index (χ4n) is 4.45. The van der Waals surface area contributed by atoms with Crippen LogP contribution in [0.3, 0.4) is 0 Å². The van der Waals surface area contributed by atoms with Gasteiger partial charge in [0.05, 0.1) is 12.5 Å². The fourth-order valence-corrected chi connectivity index (χ4v) is 4.45. The first-order valence-corrected chi connectivity index (χ1v) is 12.5. The summed E-state index contributed by atoms with van der Waals surface area (Å²) in [5.74, 6) is 8.22. The highest BCUT2D eigenvalue weighted by atomic mass is 16.4. The summed E-state index contributed by atoms with van der Waals surface area (Å²) in [6.45, 7) is 0. The van der Waals surface area contributed by atoms with Crippen LogP contribution in [0, 0.1) is 0 Å². The van der Waals surface area contributed by atoms with Gasteiger partial charge in [-0.15, -0.1) is 0 Å². The van der Waals surface area contributed by atoms with E-state index in [1.165, 1.54) is 0 Å². The molecule has 8 heteroatoms. The molecule has 8 aromatic rings. The fraction of sp³-hybridized carbons (Fsp3) is 0. The summed E-state index contributed by atoms with van der Waals surface area (Å²) in [4.78, 5) is 0. The van der Waals surface area contributed by atoms with Crippen molar-refractivity contribution in [1.29, 1.82) is 0 Å². The van der Waals surface area contributed by atoms with Crippen LogP contribution in [0.15, 0.2) is 145 Å². The molecule has 8 aromatic heterocycles. The summed E-state index contributed by atoms with van der Waals surface area (Å²) in [6, 6.07) is 29.3. The maximum Gasteiger partial charge on any atom is 0.170 e. The lowest BCUT2D eigenvalue weighted by molar-refractivity contribution is 0.490. The van der Waals surface area contributed by atoms with Gasteiger partial charge in [0, 0.05) is 0 Å². The number of furan rings is 8. The van der Waals surface area contributed by atoms with Gasteiger partial charge < -0.3 is 35.3 Å². The summed E-state index contributed by atoms with van der Waals surface area (Å²) in [5, 5.41) is 0. The highest BCUT2D eigenvalue weighted by Gasteiger charge is 2.18. The third-order valence-corrected chi connectivity index (χ3v) is 6.38. The molecular formula is C32H18O8. The summed E-state index contributed by atoms with van der Waals surface area (Å²) < 4.78 is 46.6. The highest BCUT2D eigenvalue weighted by molar-refractivity contribution is 5.66. The van der Waals surface area contributed by atoms with E-state index in [1.54, 1.807) is 12.5 Å². The molecule has 0 amide bonds. The summed E-state index contributed by atoms with van der Waals surface area (Å²) in [6.07, 6.45) is 3.20. The standard InChI is InChI=1S/C32H18O8/c1-3-19(33-17-1)21-5-7-23(35-21)25-9-11-27(37-25)29-13-15-31(39-29)32-16-14-30(40-32)28-12-10-26(38-28)24-8-6-22(36-24)20-4-2-18-34-20/h1-18H. The van der Waals surface area contributed by atoms with E-state index in [0.29, 0.717) is 80.6 Å². The molecule has 8 rings (SSSR count). The summed E-state index contributed by atoms with van der Waals surface area (Å²) in [7, 11) is 0. The van der Waals surface area contributed by atoms with E-state index in [2.05, 4.69) is 0 Å². The molecule has 8 nitrogen and oxygen atoms in total. The van der Waals surface area contributed by atoms with Crippen molar-refractivity contribution in [3.05, 3.63) is 110 Å². The first-order chi connectivity index (χ1) is 19.8. The Kier molecular flexibility index (Phi) is 4.96. The van der Waals surface area contributed by atoms with E-state index in [4.69, 9.17) is 35.3 Å². The molecule has 0 aliphatic rings. The van der Waals surface area contributed by atoms with Crippen molar-refractivity contribution in [2.24, 2.45) is 0 Å². The zero-order valence-corrected chi connectivity index (χ0v) is 20.7. The van der Waals surface area contributed by atoms with Crippen LogP contribution in [0.2, 0.25) is 0 Å². The zero-order valence-electron chi connectivity index (χ0n) is 20.7. The van der Waals surface area contributed by atoms with Gasteiger partial charge in [0.1, 0.15) is 0 Å². The minimum absolute atomic E-state index is 0.554. The third-order valence-electron chi connectivity index (χ3n) is 6.38. The smallest absolute Gasteiger partial charge is 0.170 e. The molecule has 0 atom stereocenters. The Morgan fingerprint density at radius 2 is 0.425 bits per heavy atom. The lowest BCUT2D eigenvalue weighted by Gasteiger charge is -1.95. The molecule has 0 radical (unpaired) electrons. The van der Waals surface area contributed by atoms with Gasteiger partial charge in [-0.1, -0.05) is 0 Å². The molecule has 0 N–H and O–H groups in total. The Hall–Kier alpha value is -5.76. The number of hydrogen-bond donors (Lipinski definition) is 0. The van der Waals surface area contributed by atoms with Crippen molar-refractivity contribution in [2.75, 3.05) is 0 Å². The average molecular weight is 530 g/mol. The monoisotopic (exact) mass is 530 g/mol. The van der Waals surface area contributed by atoms with Crippen molar-refractivity contribution in [3.63, 3.8) is 0 Å². The molecule has 0 aliphatic carbocycles. The zero-order chi connectivity index (χ0) is 26.5. The van der Waals surface area contributed by atoms with Crippen molar-refractivity contribution >= 4 is 0 Å². The van der Waals surface area contributed by atoms with Gasteiger partial charge in [-0.25, -0.2) is 0 Å². The minimum atomic E-state index is 0.554. The molecular weight excluding hydrogens is 512 g/mol. The second-order valence-corrected chi connectivity index (χ2v) is 8.94. The number of hydrogen-bond acceptors (Lipinski definition) is 8. The third kappa shape index (κ3) is 3.86. The normalized spacial score (nSPS) is 11.5. The van der Waals surface area contributed by atoms with Gasteiger partial charge >= 0.3 is 0 Å². The SMILES string of the molecule is c1coc(-c2ccc(-c3ccc(-c4ccc(-c5ccc(-c6ccc(-c7ccc(-c8ccco8)o7)o6)o5)o4)o3)o2)c1. The van der Waals surface area contributed by atoms with Crippen LogP contribution >= 0.6 is 0 Å². The van der Waals surface area contributed by atoms with Gasteiger partial charge in [0.2, 0.25) is 0 Å². The Morgan fingerprint density at radius 3 is 0.600 bits per heavy atom. The Bertz CT molecular complexity index is 1860. The van der Waals surface area contributed by atoms with E-state index in [0.717, 1.165) is 0 Å². The van der Waals surface area contributed by atoms with Crippen LogP contribution in [-0.2, 0) is 0 Å². The van der Waals surface area contributed by atoms with Crippen LogP contribution in [-0.4, -0.2) is 0 Å². The van der Waals surface area contributed by atoms with Crippen molar-refractivity contribution in [1.82, 2.24) is 0 Å². The quantitative estimate of drug-likeness (QED) is 0.200. The Labute approximate surface area is 225 Å². The van der Waals surface area contributed by atoms with Crippen LogP contribution in [0.5, 0.6) is 0 Å². The van der Waals surface area contributed by atoms with Crippen molar-refractivity contribution < 1.29 is 35.3 Å². The summed E-state index contributed by atoms with van der Waals surface area (Å²) >= 11 is 0. The first kappa shape index (κ1) is 22.2. The molecule has 40 heavy (non-hydrogen) atoms. The maximum atomic E-state index is 6.04. The van der Waals surface area contributed by atoms with Crippen LogP contribution in [0.1, 0.15) is 0 Å². The van der Waals surface area contributed by atoms with E-state index in [-0.39, 0.29) is 0 Å². The molecule has 0 saturated heterocycles. The predicted molar refractivity (Wildman–Crippen MR) is 143 cm³/mol. The Balaban J connectivity index is 1.00. The largest absolute Gasteiger partial charge is 0.461 e. The summed E-state index contributed by atoms with van der Waals surface area (Å²) in [5.41, 5.74) is 0. The first-order valence-electron chi connectivity index (χ1n) is 12.5.